The molecule has 2 rings (SSSR count). The molecule has 2 aromatic rings. The fourth-order valence-corrected chi connectivity index (χ4v) is 2.79. The molecule has 4 N–H and O–H groups in total. The molecule has 0 saturated heterocycles. The van der Waals surface area contributed by atoms with Gasteiger partial charge < -0.3 is 0 Å². The van der Waals surface area contributed by atoms with Crippen LogP contribution in [-0.4, -0.2) is 20.2 Å². The average molecular weight is 372 g/mol. The van der Waals surface area contributed by atoms with Crippen LogP contribution in [0, 0.1) is 5.82 Å². The molecule has 10 heteroatoms. The predicted molar refractivity (Wildman–Crippen MR) is 84.2 cm³/mol. The molecule has 24 heavy (non-hydrogen) atoms. The number of nitrogens with two attached hydrogens (primary N) is 1. The number of primary sulfonamides is 1. The molecule has 126 valence electrons. The number of halogens is 2. The van der Waals surface area contributed by atoms with E-state index >= 15 is 0 Å². The zero-order chi connectivity index (χ0) is 17.9. The third-order valence-corrected chi connectivity index (χ3v) is 4.29. The second kappa shape index (κ2) is 6.95. The minimum absolute atomic E-state index is 0.0807. The van der Waals surface area contributed by atoms with Crippen molar-refractivity contribution in [3.63, 3.8) is 0 Å². The number of benzene rings is 2. The number of hydrogen-bond donors (Lipinski definition) is 3. The lowest BCUT2D eigenvalue weighted by atomic mass is 10.2. The molecule has 0 aromatic heterocycles. The summed E-state index contributed by atoms with van der Waals surface area (Å²) >= 11 is 5.71. The molecular formula is C14H11ClFN3O4S. The van der Waals surface area contributed by atoms with Gasteiger partial charge >= 0.3 is 0 Å². The molecule has 7 nitrogen and oxygen atoms in total. The highest BCUT2D eigenvalue weighted by molar-refractivity contribution is 7.89. The van der Waals surface area contributed by atoms with E-state index in [9.17, 15) is 22.4 Å². The lowest BCUT2D eigenvalue weighted by Crippen LogP contribution is -2.41. The van der Waals surface area contributed by atoms with E-state index in [4.69, 9.17) is 16.7 Å². The van der Waals surface area contributed by atoms with Crippen LogP contribution in [0.15, 0.2) is 47.4 Å². The van der Waals surface area contributed by atoms with Gasteiger partial charge in [0.1, 0.15) is 10.7 Å². The van der Waals surface area contributed by atoms with Crippen LogP contribution in [0.2, 0.25) is 5.02 Å². The maximum absolute atomic E-state index is 12.8. The van der Waals surface area contributed by atoms with Gasteiger partial charge in [-0.2, -0.15) is 0 Å². The molecule has 2 amide bonds. The van der Waals surface area contributed by atoms with E-state index in [1.807, 2.05) is 0 Å². The predicted octanol–water partition coefficient (Wildman–Crippen LogP) is 1.20. The van der Waals surface area contributed by atoms with Crippen LogP contribution in [0.3, 0.4) is 0 Å². The van der Waals surface area contributed by atoms with Crippen molar-refractivity contribution in [3.05, 3.63) is 64.4 Å². The number of amides is 2. The Labute approximate surface area is 141 Å². The Morgan fingerprint density at radius 2 is 1.46 bits per heavy atom. The number of carbonyl (C=O) groups is 2. The Hall–Kier alpha value is -2.49. The van der Waals surface area contributed by atoms with Gasteiger partial charge in [0, 0.05) is 11.1 Å². The molecule has 0 spiro atoms. The Balaban J connectivity index is 2.10. The van der Waals surface area contributed by atoms with E-state index in [-0.39, 0.29) is 16.1 Å². The minimum Gasteiger partial charge on any atom is -0.267 e. The van der Waals surface area contributed by atoms with Gasteiger partial charge in [-0.05, 0) is 42.5 Å². The number of carbonyl (C=O) groups excluding carboxylic acids is 2. The fraction of sp³-hybridized carbons (Fsp3) is 0. The first-order valence-electron chi connectivity index (χ1n) is 6.37. The second-order valence-corrected chi connectivity index (χ2v) is 6.54. The van der Waals surface area contributed by atoms with Crippen LogP contribution < -0.4 is 16.0 Å². The van der Waals surface area contributed by atoms with Gasteiger partial charge in [-0.15, -0.1) is 0 Å². The van der Waals surface area contributed by atoms with E-state index in [2.05, 4.69) is 10.9 Å². The van der Waals surface area contributed by atoms with Crippen LogP contribution in [-0.2, 0) is 10.0 Å². The second-order valence-electron chi connectivity index (χ2n) is 4.61. The fourth-order valence-electron chi connectivity index (χ4n) is 1.72. The Kier molecular flexibility index (Phi) is 5.17. The molecule has 0 saturated carbocycles. The monoisotopic (exact) mass is 371 g/mol. The van der Waals surface area contributed by atoms with Crippen molar-refractivity contribution in [2.24, 2.45) is 5.14 Å². The van der Waals surface area contributed by atoms with Crippen molar-refractivity contribution in [1.82, 2.24) is 10.9 Å². The first kappa shape index (κ1) is 17.9. The maximum Gasteiger partial charge on any atom is 0.269 e. The minimum atomic E-state index is -4.10. The molecule has 0 heterocycles. The van der Waals surface area contributed by atoms with Gasteiger partial charge in [-0.1, -0.05) is 11.6 Å². The Morgan fingerprint density at radius 1 is 0.958 bits per heavy atom. The van der Waals surface area contributed by atoms with Gasteiger partial charge in [-0.3, -0.25) is 20.4 Å². The summed E-state index contributed by atoms with van der Waals surface area (Å²) in [6, 6.07) is 8.09. The van der Waals surface area contributed by atoms with Gasteiger partial charge in [0.2, 0.25) is 10.0 Å². The van der Waals surface area contributed by atoms with E-state index in [1.54, 1.807) is 0 Å². The highest BCUT2D eigenvalue weighted by atomic mass is 35.5. The smallest absolute Gasteiger partial charge is 0.267 e. The number of rotatable bonds is 3. The Bertz CT molecular complexity index is 901. The van der Waals surface area contributed by atoms with Crippen molar-refractivity contribution in [2.75, 3.05) is 0 Å². The summed E-state index contributed by atoms with van der Waals surface area (Å²) in [5.74, 6) is -1.97. The van der Waals surface area contributed by atoms with Crippen molar-refractivity contribution >= 4 is 33.4 Å². The summed E-state index contributed by atoms with van der Waals surface area (Å²) in [4.78, 5) is 23.3. The third kappa shape index (κ3) is 4.28. The number of nitrogens with one attached hydrogen (secondary N) is 2. The van der Waals surface area contributed by atoms with E-state index in [0.717, 1.165) is 18.2 Å². The van der Waals surface area contributed by atoms with E-state index in [1.165, 1.54) is 24.3 Å². The first-order chi connectivity index (χ1) is 11.2. The zero-order valence-corrected chi connectivity index (χ0v) is 13.5. The molecule has 0 fully saturated rings. The zero-order valence-electron chi connectivity index (χ0n) is 11.9. The number of sulfonamides is 1. The van der Waals surface area contributed by atoms with Crippen LogP contribution >= 0.6 is 11.6 Å². The van der Waals surface area contributed by atoms with Gasteiger partial charge in [-0.25, -0.2) is 17.9 Å². The molecule has 0 unspecified atom stereocenters. The standard InChI is InChI=1S/C14H11ClFN3O4S/c15-11-6-3-9(7-12(11)24(17,22)23)14(21)19-18-13(20)8-1-4-10(16)5-2-8/h1-7H,(H,18,20)(H,19,21)(H2,17,22,23). The van der Waals surface area contributed by atoms with Crippen LogP contribution in [0.5, 0.6) is 0 Å². The summed E-state index contributed by atoms with van der Waals surface area (Å²) < 4.78 is 35.5. The van der Waals surface area contributed by atoms with Crippen molar-refractivity contribution < 1.29 is 22.4 Å². The first-order valence-corrected chi connectivity index (χ1v) is 8.29. The van der Waals surface area contributed by atoms with Crippen molar-refractivity contribution in [3.8, 4) is 0 Å². The molecule has 2 aromatic carbocycles. The summed E-state index contributed by atoms with van der Waals surface area (Å²) in [7, 11) is -4.10. The summed E-state index contributed by atoms with van der Waals surface area (Å²) in [6.07, 6.45) is 0. The summed E-state index contributed by atoms with van der Waals surface area (Å²) in [6.45, 7) is 0. The molecule has 0 aliphatic heterocycles. The van der Waals surface area contributed by atoms with Gasteiger partial charge in [0.25, 0.3) is 11.8 Å². The van der Waals surface area contributed by atoms with E-state index in [0.29, 0.717) is 0 Å². The van der Waals surface area contributed by atoms with Crippen molar-refractivity contribution in [1.29, 1.82) is 0 Å². The maximum atomic E-state index is 12.8. The largest absolute Gasteiger partial charge is 0.269 e. The van der Waals surface area contributed by atoms with Crippen LogP contribution in [0.25, 0.3) is 0 Å². The molecule has 0 atom stereocenters. The molecule has 0 bridgehead atoms. The van der Waals surface area contributed by atoms with Crippen LogP contribution in [0.4, 0.5) is 4.39 Å². The normalized spacial score (nSPS) is 11.0. The average Bonchev–Trinajstić information content (AvgIpc) is 2.52. The van der Waals surface area contributed by atoms with Gasteiger partial charge in [0.05, 0.1) is 5.02 Å². The lowest BCUT2D eigenvalue weighted by molar-refractivity contribution is 0.0846. The van der Waals surface area contributed by atoms with Crippen molar-refractivity contribution in [2.45, 2.75) is 4.90 Å². The van der Waals surface area contributed by atoms with Crippen LogP contribution in [0.1, 0.15) is 20.7 Å². The van der Waals surface area contributed by atoms with E-state index < -0.39 is 32.6 Å². The highest BCUT2D eigenvalue weighted by Crippen LogP contribution is 2.21. The topological polar surface area (TPSA) is 118 Å². The SMILES string of the molecule is NS(=O)(=O)c1cc(C(=O)NNC(=O)c2ccc(F)cc2)ccc1Cl. The highest BCUT2D eigenvalue weighted by Gasteiger charge is 2.17. The molecule has 0 radical (unpaired) electrons. The molecular weight excluding hydrogens is 361 g/mol. The number of hydrazine groups is 1. The van der Waals surface area contributed by atoms with Gasteiger partial charge in [0.15, 0.2) is 0 Å². The number of hydrogen-bond acceptors (Lipinski definition) is 4. The quantitative estimate of drug-likeness (QED) is 0.702. The molecule has 0 aliphatic carbocycles. The Morgan fingerprint density at radius 3 is 2.00 bits per heavy atom. The third-order valence-electron chi connectivity index (χ3n) is 2.90. The summed E-state index contributed by atoms with van der Waals surface area (Å²) in [5.41, 5.74) is 4.26. The lowest BCUT2D eigenvalue weighted by Gasteiger charge is -2.09. The molecule has 0 aliphatic rings. The summed E-state index contributed by atoms with van der Waals surface area (Å²) in [5, 5.41) is 4.86.